The molecule has 6 nitrogen and oxygen atoms in total. The molecule has 31 heavy (non-hydrogen) atoms. The van der Waals surface area contributed by atoms with E-state index in [9.17, 15) is 0 Å². The number of nitrogens with one attached hydrogen (secondary N) is 2. The molecule has 0 amide bonds. The summed E-state index contributed by atoms with van der Waals surface area (Å²) in [6, 6.07) is 8.83. The number of aromatic nitrogens is 1. The number of hydrogen-bond acceptors (Lipinski definition) is 5. The van der Waals surface area contributed by atoms with Gasteiger partial charge in [0.1, 0.15) is 0 Å². The summed E-state index contributed by atoms with van der Waals surface area (Å²) in [5.41, 5.74) is 2.69. The average Bonchev–Trinajstić information content (AvgIpc) is 3.16. The molecule has 0 aliphatic carbocycles. The molecular weight excluding hydrogens is 519 g/mol. The van der Waals surface area contributed by atoms with E-state index in [2.05, 4.69) is 70.5 Å². The van der Waals surface area contributed by atoms with Crippen LogP contribution in [-0.2, 0) is 6.42 Å². The number of nitrogens with zero attached hydrogens (tertiary/aromatic N) is 4. The highest BCUT2D eigenvalue weighted by atomic mass is 127. The molecule has 1 aliphatic rings. The summed E-state index contributed by atoms with van der Waals surface area (Å²) in [5, 5.41) is 7.95. The summed E-state index contributed by atoms with van der Waals surface area (Å²) in [5.74, 6) is 0.912. The number of halogens is 1. The van der Waals surface area contributed by atoms with E-state index in [4.69, 9.17) is 4.99 Å². The lowest BCUT2D eigenvalue weighted by Crippen LogP contribution is -2.46. The van der Waals surface area contributed by atoms with Gasteiger partial charge in [0.2, 0.25) is 0 Å². The first kappa shape index (κ1) is 25.9. The third-order valence-electron chi connectivity index (χ3n) is 5.29. The Labute approximate surface area is 208 Å². The highest BCUT2D eigenvalue weighted by molar-refractivity contribution is 14.0. The van der Waals surface area contributed by atoms with E-state index in [1.54, 1.807) is 11.3 Å². The van der Waals surface area contributed by atoms with Crippen LogP contribution in [0.4, 0.5) is 5.69 Å². The van der Waals surface area contributed by atoms with Gasteiger partial charge in [0, 0.05) is 75.5 Å². The van der Waals surface area contributed by atoms with Gasteiger partial charge in [0.05, 0.1) is 5.01 Å². The first-order chi connectivity index (χ1) is 14.6. The zero-order chi connectivity index (χ0) is 21.2. The van der Waals surface area contributed by atoms with Gasteiger partial charge < -0.3 is 15.5 Å². The topological polar surface area (TPSA) is 55.8 Å². The van der Waals surface area contributed by atoms with Crippen molar-refractivity contribution in [2.24, 2.45) is 4.99 Å². The molecule has 1 fully saturated rings. The molecular formula is C23H37IN6S. The van der Waals surface area contributed by atoms with Gasteiger partial charge in [0.15, 0.2) is 5.96 Å². The molecule has 2 aromatic rings. The van der Waals surface area contributed by atoms with Crippen LogP contribution in [0.15, 0.2) is 35.5 Å². The van der Waals surface area contributed by atoms with Crippen LogP contribution >= 0.6 is 35.3 Å². The predicted octanol–water partition coefficient (Wildman–Crippen LogP) is 3.69. The van der Waals surface area contributed by atoms with Crippen molar-refractivity contribution < 1.29 is 0 Å². The normalized spacial score (nSPS) is 14.9. The average molecular weight is 557 g/mol. The number of hydrogen-bond donors (Lipinski definition) is 2. The largest absolute Gasteiger partial charge is 0.369 e. The second kappa shape index (κ2) is 13.9. The Kier molecular flexibility index (Phi) is 11.6. The molecule has 0 spiro atoms. The van der Waals surface area contributed by atoms with Crippen LogP contribution in [0.5, 0.6) is 0 Å². The molecule has 1 aliphatic heterocycles. The van der Waals surface area contributed by atoms with Gasteiger partial charge in [-0.2, -0.15) is 0 Å². The molecule has 172 valence electrons. The van der Waals surface area contributed by atoms with Crippen molar-refractivity contribution >= 4 is 47.0 Å². The molecule has 0 unspecified atom stereocenters. The monoisotopic (exact) mass is 556 g/mol. The van der Waals surface area contributed by atoms with Crippen molar-refractivity contribution in [1.82, 2.24) is 20.5 Å². The highest BCUT2D eigenvalue weighted by Crippen LogP contribution is 2.17. The predicted molar refractivity (Wildman–Crippen MR) is 144 cm³/mol. The standard InChI is InChI=1S/C23H36N6S.HI/c1-4-24-23(26-11-9-22-27-18-20(3)30-22)25-10-6-12-28-13-15-29(16-14-28)21-8-5-7-19(2)17-21;/h5,7-8,17-18H,4,6,9-16H2,1-3H3,(H2,24,25,26);1H. The van der Waals surface area contributed by atoms with E-state index in [1.165, 1.54) is 21.1 Å². The fourth-order valence-corrected chi connectivity index (χ4v) is 4.47. The maximum absolute atomic E-state index is 4.75. The fourth-order valence-electron chi connectivity index (χ4n) is 3.69. The molecule has 2 heterocycles. The number of thiazole rings is 1. The quantitative estimate of drug-likeness (QED) is 0.214. The Morgan fingerprint density at radius 1 is 1.16 bits per heavy atom. The second-order valence-corrected chi connectivity index (χ2v) is 9.14. The lowest BCUT2D eigenvalue weighted by atomic mass is 10.2. The fraction of sp³-hybridized carbons (Fsp3) is 0.565. The van der Waals surface area contributed by atoms with Crippen molar-refractivity contribution in [2.75, 3.05) is 57.3 Å². The molecule has 0 radical (unpaired) electrons. The van der Waals surface area contributed by atoms with Crippen LogP contribution in [0.1, 0.15) is 28.8 Å². The minimum absolute atomic E-state index is 0. The Balaban J connectivity index is 0.00000341. The van der Waals surface area contributed by atoms with Crippen LogP contribution < -0.4 is 15.5 Å². The Hall–Kier alpha value is -1.39. The Morgan fingerprint density at radius 2 is 1.97 bits per heavy atom. The molecule has 8 heteroatoms. The Bertz CT molecular complexity index is 801. The molecule has 0 saturated carbocycles. The van der Waals surface area contributed by atoms with E-state index in [0.717, 1.165) is 71.2 Å². The molecule has 1 aromatic heterocycles. The maximum atomic E-state index is 4.75. The first-order valence-corrected chi connectivity index (χ1v) is 11.9. The van der Waals surface area contributed by atoms with Crippen LogP contribution in [-0.4, -0.2) is 68.2 Å². The van der Waals surface area contributed by atoms with E-state index in [0.29, 0.717) is 0 Å². The smallest absolute Gasteiger partial charge is 0.191 e. The zero-order valence-electron chi connectivity index (χ0n) is 19.1. The minimum atomic E-state index is 0. The van der Waals surface area contributed by atoms with Gasteiger partial charge >= 0.3 is 0 Å². The molecule has 1 saturated heterocycles. The molecule has 0 atom stereocenters. The van der Waals surface area contributed by atoms with Crippen LogP contribution in [0.3, 0.4) is 0 Å². The lowest BCUT2D eigenvalue weighted by molar-refractivity contribution is 0.256. The van der Waals surface area contributed by atoms with E-state index in [-0.39, 0.29) is 24.0 Å². The van der Waals surface area contributed by atoms with Crippen LogP contribution in [0, 0.1) is 13.8 Å². The van der Waals surface area contributed by atoms with Crippen molar-refractivity contribution in [3.63, 3.8) is 0 Å². The summed E-state index contributed by atoms with van der Waals surface area (Å²) in [6.45, 7) is 14.5. The van der Waals surface area contributed by atoms with Crippen LogP contribution in [0.25, 0.3) is 0 Å². The number of guanidine groups is 1. The van der Waals surface area contributed by atoms with Crippen molar-refractivity contribution in [2.45, 2.75) is 33.6 Å². The summed E-state index contributed by atoms with van der Waals surface area (Å²) in [7, 11) is 0. The Morgan fingerprint density at radius 3 is 2.65 bits per heavy atom. The minimum Gasteiger partial charge on any atom is -0.369 e. The van der Waals surface area contributed by atoms with Crippen molar-refractivity contribution in [3.8, 4) is 0 Å². The number of aryl methyl sites for hydroxylation is 2. The summed E-state index contributed by atoms with van der Waals surface area (Å²) >= 11 is 1.77. The summed E-state index contributed by atoms with van der Waals surface area (Å²) < 4.78 is 0. The van der Waals surface area contributed by atoms with Gasteiger partial charge in [-0.05, 0) is 44.9 Å². The molecule has 0 bridgehead atoms. The van der Waals surface area contributed by atoms with Crippen molar-refractivity contribution in [3.05, 3.63) is 45.9 Å². The van der Waals surface area contributed by atoms with E-state index in [1.807, 2.05) is 6.20 Å². The third-order valence-corrected chi connectivity index (χ3v) is 6.26. The zero-order valence-corrected chi connectivity index (χ0v) is 22.2. The van der Waals surface area contributed by atoms with Gasteiger partial charge in [-0.25, -0.2) is 4.98 Å². The maximum Gasteiger partial charge on any atom is 0.191 e. The molecule has 3 rings (SSSR count). The second-order valence-electron chi connectivity index (χ2n) is 7.82. The summed E-state index contributed by atoms with van der Waals surface area (Å²) in [4.78, 5) is 15.5. The van der Waals surface area contributed by atoms with Gasteiger partial charge in [-0.15, -0.1) is 35.3 Å². The van der Waals surface area contributed by atoms with Gasteiger partial charge in [-0.3, -0.25) is 9.89 Å². The number of aliphatic imine (C=N–C) groups is 1. The highest BCUT2D eigenvalue weighted by Gasteiger charge is 2.16. The molecule has 2 N–H and O–H groups in total. The molecule has 1 aromatic carbocycles. The van der Waals surface area contributed by atoms with Crippen molar-refractivity contribution in [1.29, 1.82) is 0 Å². The number of piperazine rings is 1. The van der Waals surface area contributed by atoms with Crippen LogP contribution in [0.2, 0.25) is 0 Å². The first-order valence-electron chi connectivity index (χ1n) is 11.1. The lowest BCUT2D eigenvalue weighted by Gasteiger charge is -2.36. The van der Waals surface area contributed by atoms with Gasteiger partial charge in [0.25, 0.3) is 0 Å². The number of benzene rings is 1. The van der Waals surface area contributed by atoms with E-state index >= 15 is 0 Å². The number of anilines is 1. The van der Waals surface area contributed by atoms with E-state index < -0.39 is 0 Å². The summed E-state index contributed by atoms with van der Waals surface area (Å²) in [6.07, 6.45) is 3.97. The number of rotatable bonds is 9. The third kappa shape index (κ3) is 8.94. The van der Waals surface area contributed by atoms with Gasteiger partial charge in [-0.1, -0.05) is 12.1 Å². The SMILES string of the molecule is CCNC(=NCCCN1CCN(c2cccc(C)c2)CC1)NCCc1ncc(C)s1.I.